The van der Waals surface area contributed by atoms with E-state index in [0.29, 0.717) is 12.5 Å². The molecule has 0 spiro atoms. The summed E-state index contributed by atoms with van der Waals surface area (Å²) in [4.78, 5) is 25.6. The lowest BCUT2D eigenvalue weighted by Gasteiger charge is -2.31. The highest BCUT2D eigenvalue weighted by Gasteiger charge is 2.21. The average molecular weight is 228 g/mol. The van der Waals surface area contributed by atoms with E-state index in [4.69, 9.17) is 5.11 Å². The quantitative estimate of drug-likeness (QED) is 0.701. The fraction of sp³-hybridized carbons (Fsp3) is 0.818. The molecule has 0 saturated carbocycles. The molecule has 5 heteroatoms. The fourth-order valence-corrected chi connectivity index (χ4v) is 2.00. The van der Waals surface area contributed by atoms with Crippen molar-refractivity contribution in [2.75, 3.05) is 33.7 Å². The van der Waals surface area contributed by atoms with Gasteiger partial charge < -0.3 is 14.9 Å². The van der Waals surface area contributed by atoms with Crippen LogP contribution in [-0.4, -0.2) is 60.5 Å². The van der Waals surface area contributed by atoms with Crippen molar-refractivity contribution < 1.29 is 14.7 Å². The molecule has 0 aromatic heterocycles. The van der Waals surface area contributed by atoms with Gasteiger partial charge in [0.15, 0.2) is 0 Å². The molecule has 1 N–H and O–H groups in total. The summed E-state index contributed by atoms with van der Waals surface area (Å²) in [5.74, 6) is -0.842. The number of amides is 1. The van der Waals surface area contributed by atoms with Crippen LogP contribution in [0.15, 0.2) is 0 Å². The molecular weight excluding hydrogens is 208 g/mol. The summed E-state index contributed by atoms with van der Waals surface area (Å²) in [5.41, 5.74) is 0. The number of hydrogen-bond acceptors (Lipinski definition) is 3. The molecule has 0 aromatic carbocycles. The number of carboxylic acid groups (broad SMARTS) is 1. The molecule has 0 radical (unpaired) electrons. The Hall–Kier alpha value is -1.10. The van der Waals surface area contributed by atoms with Gasteiger partial charge in [0.2, 0.25) is 5.91 Å². The molecule has 1 fully saturated rings. The van der Waals surface area contributed by atoms with Crippen LogP contribution in [0.5, 0.6) is 0 Å². The number of piperidine rings is 1. The number of hydrogen-bond donors (Lipinski definition) is 1. The number of aliphatic carboxylic acids is 1. The van der Waals surface area contributed by atoms with Gasteiger partial charge in [0.05, 0.1) is 0 Å². The number of carbonyl (C=O) groups excluding carboxylic acids is 1. The van der Waals surface area contributed by atoms with Crippen LogP contribution >= 0.6 is 0 Å². The maximum Gasteiger partial charge on any atom is 0.312 e. The third-order valence-corrected chi connectivity index (χ3v) is 3.10. The van der Waals surface area contributed by atoms with Gasteiger partial charge in [0.25, 0.3) is 0 Å². The largest absolute Gasteiger partial charge is 0.481 e. The Kier molecular flexibility index (Phi) is 4.73. The van der Waals surface area contributed by atoms with E-state index >= 15 is 0 Å². The summed E-state index contributed by atoms with van der Waals surface area (Å²) in [5, 5.41) is 8.52. The minimum absolute atomic E-state index is 0.300. The van der Waals surface area contributed by atoms with Gasteiger partial charge in [0, 0.05) is 13.6 Å². The molecule has 0 bridgehead atoms. The van der Waals surface area contributed by atoms with Crippen molar-refractivity contribution in [1.29, 1.82) is 0 Å². The van der Waals surface area contributed by atoms with Crippen molar-refractivity contribution in [3.8, 4) is 0 Å². The second-order valence-corrected chi connectivity index (χ2v) is 4.59. The van der Waals surface area contributed by atoms with E-state index in [0.717, 1.165) is 25.9 Å². The molecule has 1 saturated heterocycles. The van der Waals surface area contributed by atoms with Gasteiger partial charge in [0.1, 0.15) is 6.42 Å². The van der Waals surface area contributed by atoms with E-state index in [9.17, 15) is 9.59 Å². The number of carboxylic acids is 1. The van der Waals surface area contributed by atoms with Crippen LogP contribution in [0, 0.1) is 5.92 Å². The molecule has 0 atom stereocenters. The van der Waals surface area contributed by atoms with Crippen LogP contribution in [0.25, 0.3) is 0 Å². The predicted octanol–water partition coefficient (Wildman–Crippen LogP) is 0.261. The van der Waals surface area contributed by atoms with Crippen molar-refractivity contribution in [1.82, 2.24) is 9.80 Å². The monoisotopic (exact) mass is 228 g/mol. The maximum absolute atomic E-state index is 11.4. The number of nitrogens with zero attached hydrogens (tertiary/aromatic N) is 2. The summed E-state index contributed by atoms with van der Waals surface area (Å²) in [6, 6.07) is 0. The fourth-order valence-electron chi connectivity index (χ4n) is 2.00. The van der Waals surface area contributed by atoms with E-state index < -0.39 is 12.4 Å². The lowest BCUT2D eigenvalue weighted by atomic mass is 9.96. The zero-order valence-corrected chi connectivity index (χ0v) is 9.98. The standard InChI is InChI=1S/C11H20N2O3/c1-12-5-3-9(4-6-12)8-13(2)10(14)7-11(15)16/h9H,3-8H2,1-2H3,(H,15,16). The Morgan fingerprint density at radius 1 is 1.38 bits per heavy atom. The predicted molar refractivity (Wildman–Crippen MR) is 60.1 cm³/mol. The summed E-state index contributed by atoms with van der Waals surface area (Å²) in [6.07, 6.45) is 1.77. The molecule has 0 aromatic rings. The third kappa shape index (κ3) is 4.18. The van der Waals surface area contributed by atoms with Gasteiger partial charge in [-0.15, -0.1) is 0 Å². The van der Waals surface area contributed by atoms with E-state index in [1.165, 1.54) is 0 Å². The molecule has 1 aliphatic heterocycles. The third-order valence-electron chi connectivity index (χ3n) is 3.10. The Labute approximate surface area is 96.0 Å². The summed E-state index contributed by atoms with van der Waals surface area (Å²) in [7, 11) is 3.78. The first-order chi connectivity index (χ1) is 7.49. The van der Waals surface area contributed by atoms with Crippen LogP contribution in [-0.2, 0) is 9.59 Å². The first kappa shape index (κ1) is 13.0. The van der Waals surface area contributed by atoms with E-state index in [-0.39, 0.29) is 5.91 Å². The van der Waals surface area contributed by atoms with Gasteiger partial charge in [-0.3, -0.25) is 9.59 Å². The van der Waals surface area contributed by atoms with Crippen molar-refractivity contribution in [3.05, 3.63) is 0 Å². The van der Waals surface area contributed by atoms with Crippen LogP contribution < -0.4 is 0 Å². The van der Waals surface area contributed by atoms with Crippen molar-refractivity contribution in [3.63, 3.8) is 0 Å². The van der Waals surface area contributed by atoms with Gasteiger partial charge in [-0.25, -0.2) is 0 Å². The summed E-state index contributed by atoms with van der Waals surface area (Å²) >= 11 is 0. The Morgan fingerprint density at radius 2 is 1.94 bits per heavy atom. The maximum atomic E-state index is 11.4. The molecule has 1 amide bonds. The highest BCUT2D eigenvalue weighted by molar-refractivity contribution is 5.93. The highest BCUT2D eigenvalue weighted by atomic mass is 16.4. The van der Waals surface area contributed by atoms with Crippen molar-refractivity contribution >= 4 is 11.9 Å². The zero-order valence-electron chi connectivity index (χ0n) is 9.98. The Bertz CT molecular complexity index is 260. The first-order valence-corrected chi connectivity index (χ1v) is 5.63. The molecular formula is C11H20N2O3. The minimum atomic E-state index is -1.06. The van der Waals surface area contributed by atoms with Gasteiger partial charge in [-0.05, 0) is 38.9 Å². The SMILES string of the molecule is CN1CCC(CN(C)C(=O)CC(=O)O)CC1. The molecule has 92 valence electrons. The molecule has 1 aliphatic rings. The number of carbonyl (C=O) groups is 2. The molecule has 16 heavy (non-hydrogen) atoms. The van der Waals surface area contributed by atoms with Crippen molar-refractivity contribution in [2.24, 2.45) is 5.92 Å². The van der Waals surface area contributed by atoms with Gasteiger partial charge >= 0.3 is 5.97 Å². The van der Waals surface area contributed by atoms with Crippen LogP contribution in [0.3, 0.4) is 0 Å². The molecule has 1 heterocycles. The van der Waals surface area contributed by atoms with Crippen LogP contribution in [0.2, 0.25) is 0 Å². The molecule has 5 nitrogen and oxygen atoms in total. The van der Waals surface area contributed by atoms with Crippen LogP contribution in [0.1, 0.15) is 19.3 Å². The second kappa shape index (κ2) is 5.84. The van der Waals surface area contributed by atoms with E-state index in [1.54, 1.807) is 11.9 Å². The topological polar surface area (TPSA) is 60.9 Å². The number of rotatable bonds is 4. The Morgan fingerprint density at radius 3 is 2.44 bits per heavy atom. The van der Waals surface area contributed by atoms with Gasteiger partial charge in [-0.1, -0.05) is 0 Å². The average Bonchev–Trinajstić information content (AvgIpc) is 2.20. The molecule has 0 unspecified atom stereocenters. The Balaban J connectivity index is 2.30. The lowest BCUT2D eigenvalue weighted by molar-refractivity contribution is -0.144. The van der Waals surface area contributed by atoms with Crippen LogP contribution in [0.4, 0.5) is 0 Å². The number of likely N-dealkylation sites (tertiary alicyclic amines) is 1. The van der Waals surface area contributed by atoms with E-state index in [2.05, 4.69) is 11.9 Å². The summed E-state index contributed by atoms with van der Waals surface area (Å²) < 4.78 is 0. The smallest absolute Gasteiger partial charge is 0.312 e. The molecule has 0 aliphatic carbocycles. The van der Waals surface area contributed by atoms with E-state index in [1.807, 2.05) is 0 Å². The van der Waals surface area contributed by atoms with Crippen molar-refractivity contribution in [2.45, 2.75) is 19.3 Å². The lowest BCUT2D eigenvalue weighted by Crippen LogP contribution is -2.38. The normalized spacial score (nSPS) is 18.4. The zero-order chi connectivity index (χ0) is 12.1. The first-order valence-electron chi connectivity index (χ1n) is 5.63. The van der Waals surface area contributed by atoms with Gasteiger partial charge in [-0.2, -0.15) is 0 Å². The summed E-state index contributed by atoms with van der Waals surface area (Å²) in [6.45, 7) is 2.80. The highest BCUT2D eigenvalue weighted by Crippen LogP contribution is 2.16. The second-order valence-electron chi connectivity index (χ2n) is 4.59. The minimum Gasteiger partial charge on any atom is -0.481 e. The molecule has 1 rings (SSSR count).